The normalized spacial score (nSPS) is 40.6. The van der Waals surface area contributed by atoms with Crippen molar-refractivity contribution in [3.63, 3.8) is 0 Å². The SMILES string of the molecule is C=C(C)C1=C[C@H]2[C@H](C)CCC[C@@]2(C)CC1. The first kappa shape index (κ1) is 11.0. The first-order valence-electron chi connectivity index (χ1n) is 6.39. The van der Waals surface area contributed by atoms with Crippen LogP contribution in [-0.4, -0.2) is 0 Å². The van der Waals surface area contributed by atoms with E-state index < -0.39 is 0 Å². The van der Waals surface area contributed by atoms with E-state index in [1.165, 1.54) is 43.3 Å². The molecule has 84 valence electrons. The monoisotopic (exact) mass is 204 g/mol. The van der Waals surface area contributed by atoms with E-state index >= 15 is 0 Å². The van der Waals surface area contributed by atoms with Crippen LogP contribution < -0.4 is 0 Å². The van der Waals surface area contributed by atoms with Crippen molar-refractivity contribution in [1.29, 1.82) is 0 Å². The van der Waals surface area contributed by atoms with Crippen molar-refractivity contribution in [3.05, 3.63) is 23.8 Å². The fourth-order valence-electron chi connectivity index (χ4n) is 3.59. The van der Waals surface area contributed by atoms with Crippen LogP contribution >= 0.6 is 0 Å². The fraction of sp³-hybridized carbons (Fsp3) is 0.733. The standard InChI is InChI=1S/C15H24/c1-11(2)13-7-9-15(4)8-5-6-12(3)14(15)10-13/h10,12,14H,1,5-9H2,2-4H3/t12-,14+,15+/m1/s1. The zero-order valence-corrected chi connectivity index (χ0v) is 10.5. The molecule has 2 rings (SSSR count). The highest BCUT2D eigenvalue weighted by Crippen LogP contribution is 2.51. The van der Waals surface area contributed by atoms with Gasteiger partial charge in [0, 0.05) is 0 Å². The van der Waals surface area contributed by atoms with Crippen LogP contribution in [0.25, 0.3) is 0 Å². The summed E-state index contributed by atoms with van der Waals surface area (Å²) in [6, 6.07) is 0. The van der Waals surface area contributed by atoms with Crippen molar-refractivity contribution < 1.29 is 0 Å². The number of rotatable bonds is 1. The molecule has 2 aliphatic carbocycles. The second-order valence-electron chi connectivity index (χ2n) is 6.02. The summed E-state index contributed by atoms with van der Waals surface area (Å²) in [5.41, 5.74) is 3.41. The van der Waals surface area contributed by atoms with Gasteiger partial charge in [-0.2, -0.15) is 0 Å². The average molecular weight is 204 g/mol. The lowest BCUT2D eigenvalue weighted by Crippen LogP contribution is -2.37. The van der Waals surface area contributed by atoms with Gasteiger partial charge < -0.3 is 0 Å². The average Bonchev–Trinajstić information content (AvgIpc) is 2.17. The summed E-state index contributed by atoms with van der Waals surface area (Å²) in [4.78, 5) is 0. The minimum absolute atomic E-state index is 0.594. The van der Waals surface area contributed by atoms with Crippen LogP contribution in [0.3, 0.4) is 0 Å². The van der Waals surface area contributed by atoms with Crippen molar-refractivity contribution in [3.8, 4) is 0 Å². The Kier molecular flexibility index (Phi) is 2.79. The first-order valence-corrected chi connectivity index (χ1v) is 6.39. The second kappa shape index (κ2) is 3.81. The molecule has 0 heterocycles. The molecule has 0 aromatic rings. The minimum atomic E-state index is 0.594. The Hall–Kier alpha value is -0.520. The maximum absolute atomic E-state index is 4.10. The summed E-state index contributed by atoms with van der Waals surface area (Å²) < 4.78 is 0. The minimum Gasteiger partial charge on any atom is -0.0958 e. The van der Waals surface area contributed by atoms with Gasteiger partial charge in [0.15, 0.2) is 0 Å². The molecular formula is C15H24. The van der Waals surface area contributed by atoms with Gasteiger partial charge in [0.2, 0.25) is 0 Å². The molecule has 0 aromatic heterocycles. The van der Waals surface area contributed by atoms with Crippen molar-refractivity contribution >= 4 is 0 Å². The molecule has 3 atom stereocenters. The molecule has 0 spiro atoms. The summed E-state index contributed by atoms with van der Waals surface area (Å²) in [5, 5.41) is 0. The van der Waals surface area contributed by atoms with E-state index in [1.54, 1.807) is 0 Å². The Morgan fingerprint density at radius 2 is 2.20 bits per heavy atom. The lowest BCUT2D eigenvalue weighted by molar-refractivity contribution is 0.0838. The molecule has 1 fully saturated rings. The second-order valence-corrected chi connectivity index (χ2v) is 6.02. The van der Waals surface area contributed by atoms with Crippen LogP contribution in [0.1, 0.15) is 52.9 Å². The Morgan fingerprint density at radius 3 is 2.87 bits per heavy atom. The van der Waals surface area contributed by atoms with Gasteiger partial charge in [-0.05, 0) is 49.0 Å². The van der Waals surface area contributed by atoms with Gasteiger partial charge in [0.1, 0.15) is 0 Å². The molecule has 2 aliphatic rings. The molecule has 0 unspecified atom stereocenters. The zero-order chi connectivity index (χ0) is 11.1. The molecule has 0 amide bonds. The Morgan fingerprint density at radius 1 is 1.47 bits per heavy atom. The number of fused-ring (bicyclic) bond motifs is 1. The molecule has 0 saturated heterocycles. The Labute approximate surface area is 94.5 Å². The lowest BCUT2D eigenvalue weighted by Gasteiger charge is -2.47. The fourth-order valence-corrected chi connectivity index (χ4v) is 3.59. The highest BCUT2D eigenvalue weighted by atomic mass is 14.5. The van der Waals surface area contributed by atoms with E-state index in [2.05, 4.69) is 33.4 Å². The Bertz CT molecular complexity index is 297. The molecule has 0 nitrogen and oxygen atoms in total. The predicted octanol–water partition coefficient (Wildman–Crippen LogP) is 4.73. The van der Waals surface area contributed by atoms with E-state index in [4.69, 9.17) is 0 Å². The number of allylic oxidation sites excluding steroid dienone is 3. The maximum atomic E-state index is 4.10. The highest BCUT2D eigenvalue weighted by Gasteiger charge is 2.41. The van der Waals surface area contributed by atoms with E-state index in [9.17, 15) is 0 Å². The summed E-state index contributed by atoms with van der Waals surface area (Å²) in [6.07, 6.45) is 9.47. The third-order valence-corrected chi connectivity index (χ3v) is 4.72. The molecule has 15 heavy (non-hydrogen) atoms. The van der Waals surface area contributed by atoms with Crippen LogP contribution in [0.5, 0.6) is 0 Å². The largest absolute Gasteiger partial charge is 0.0958 e. The smallest absolute Gasteiger partial charge is 0.0148 e. The van der Waals surface area contributed by atoms with Crippen LogP contribution in [0.4, 0.5) is 0 Å². The summed E-state index contributed by atoms with van der Waals surface area (Å²) in [6.45, 7) is 11.2. The molecule has 0 radical (unpaired) electrons. The van der Waals surface area contributed by atoms with Crippen molar-refractivity contribution in [2.75, 3.05) is 0 Å². The molecule has 0 N–H and O–H groups in total. The number of hydrogen-bond donors (Lipinski definition) is 0. The van der Waals surface area contributed by atoms with Crippen LogP contribution in [0, 0.1) is 17.3 Å². The van der Waals surface area contributed by atoms with Crippen molar-refractivity contribution in [1.82, 2.24) is 0 Å². The molecular weight excluding hydrogens is 180 g/mol. The first-order chi connectivity index (χ1) is 7.03. The van der Waals surface area contributed by atoms with E-state index in [-0.39, 0.29) is 0 Å². The topological polar surface area (TPSA) is 0 Å². The third-order valence-electron chi connectivity index (χ3n) is 4.72. The quantitative estimate of drug-likeness (QED) is 0.579. The predicted molar refractivity (Wildman–Crippen MR) is 66.7 cm³/mol. The van der Waals surface area contributed by atoms with Gasteiger partial charge in [-0.3, -0.25) is 0 Å². The lowest BCUT2D eigenvalue weighted by atomic mass is 9.58. The summed E-state index contributed by atoms with van der Waals surface area (Å²) in [7, 11) is 0. The van der Waals surface area contributed by atoms with Gasteiger partial charge in [-0.1, -0.05) is 44.9 Å². The molecule has 0 heteroatoms. The molecule has 0 aliphatic heterocycles. The van der Waals surface area contributed by atoms with Crippen molar-refractivity contribution in [2.45, 2.75) is 52.9 Å². The zero-order valence-electron chi connectivity index (χ0n) is 10.5. The van der Waals surface area contributed by atoms with Gasteiger partial charge in [0.25, 0.3) is 0 Å². The van der Waals surface area contributed by atoms with Crippen LogP contribution in [0.15, 0.2) is 23.8 Å². The van der Waals surface area contributed by atoms with E-state index in [1.807, 2.05) is 0 Å². The van der Waals surface area contributed by atoms with Gasteiger partial charge in [-0.25, -0.2) is 0 Å². The van der Waals surface area contributed by atoms with Crippen molar-refractivity contribution in [2.24, 2.45) is 17.3 Å². The summed E-state index contributed by atoms with van der Waals surface area (Å²) in [5.74, 6) is 1.69. The van der Waals surface area contributed by atoms with E-state index in [0.717, 1.165) is 11.8 Å². The Balaban J connectivity index is 2.28. The summed E-state index contributed by atoms with van der Waals surface area (Å²) >= 11 is 0. The molecule has 1 saturated carbocycles. The van der Waals surface area contributed by atoms with Crippen LogP contribution in [-0.2, 0) is 0 Å². The third kappa shape index (κ3) is 1.91. The molecule has 0 aromatic carbocycles. The van der Waals surface area contributed by atoms with E-state index in [0.29, 0.717) is 5.41 Å². The van der Waals surface area contributed by atoms with Crippen LogP contribution in [0.2, 0.25) is 0 Å². The maximum Gasteiger partial charge on any atom is -0.0148 e. The van der Waals surface area contributed by atoms with Gasteiger partial charge >= 0.3 is 0 Å². The molecule has 0 bridgehead atoms. The van der Waals surface area contributed by atoms with Gasteiger partial charge in [-0.15, -0.1) is 0 Å². The van der Waals surface area contributed by atoms with Gasteiger partial charge in [0.05, 0.1) is 0 Å². The number of hydrogen-bond acceptors (Lipinski definition) is 0. The highest BCUT2D eigenvalue weighted by molar-refractivity contribution is 5.30.